The molecule has 0 aromatic rings. The van der Waals surface area contributed by atoms with Crippen molar-refractivity contribution in [2.24, 2.45) is 5.34 Å². The molecule has 0 aliphatic carbocycles. The van der Waals surface area contributed by atoms with Crippen LogP contribution in [0, 0.1) is 26.2 Å². The van der Waals surface area contributed by atoms with Crippen molar-refractivity contribution in [2.75, 3.05) is 0 Å². The first kappa shape index (κ1) is 12.3. The molecule has 0 fully saturated rings. The molecule has 0 rings (SSSR count). The number of thiocyanates is 2. The Morgan fingerprint density at radius 3 is 1.90 bits per heavy atom. The minimum absolute atomic E-state index is 0.549. The van der Waals surface area contributed by atoms with Crippen LogP contribution >= 0.6 is 20.4 Å². The molecule has 1 N–H and O–H groups in total. The minimum Gasteiger partial charge on any atom is -0.379 e. The number of nitriles is 2. The Morgan fingerprint density at radius 2 is 1.70 bits per heavy atom. The molecule has 10 heavy (non-hydrogen) atoms. The molecule has 0 radical (unpaired) electrons. The van der Waals surface area contributed by atoms with Crippen molar-refractivity contribution in [1.29, 1.82) is 10.5 Å². The molecule has 0 amide bonds. The normalized spacial score (nSPS) is 6.20. The summed E-state index contributed by atoms with van der Waals surface area (Å²) in [6.45, 7) is 0. The smallest absolute Gasteiger partial charge is 0.152 e. The largest absolute Gasteiger partial charge is 0.379 e. The van der Waals surface area contributed by atoms with Crippen LogP contribution in [0.1, 0.15) is 0 Å². The van der Waals surface area contributed by atoms with Crippen molar-refractivity contribution in [3.05, 3.63) is 4.91 Å². The third kappa shape index (κ3) is 25.5. The van der Waals surface area contributed by atoms with Gasteiger partial charge in [0.15, 0.2) is 5.34 Å². The van der Waals surface area contributed by atoms with E-state index in [0.717, 1.165) is 20.4 Å². The van der Waals surface area contributed by atoms with E-state index in [1.807, 2.05) is 10.8 Å². The molecule has 0 aromatic heterocycles. The van der Waals surface area contributed by atoms with E-state index in [1.54, 1.807) is 0 Å². The average molecular weight is 219 g/mol. The van der Waals surface area contributed by atoms with Crippen LogP contribution in [0.2, 0.25) is 0 Å². The molecular formula is C2HFeN3O2S2. The predicted octanol–water partition coefficient (Wildman–Crippen LogP) is 1.47. The molecule has 5 nitrogen and oxygen atoms in total. The third-order valence-corrected chi connectivity index (χ3v) is 2.99. The van der Waals surface area contributed by atoms with Gasteiger partial charge in [0.25, 0.3) is 0 Å². The van der Waals surface area contributed by atoms with Crippen molar-refractivity contribution >= 4 is 20.4 Å². The summed E-state index contributed by atoms with van der Waals surface area (Å²) >= 11 is 0.549. The fraction of sp³-hybridized carbons (Fsp3) is 0. The summed E-state index contributed by atoms with van der Waals surface area (Å²) in [7, 11) is 2.16. The topological polar surface area (TPSA) is 97.2 Å². The van der Waals surface area contributed by atoms with Crippen LogP contribution in [0.3, 0.4) is 0 Å². The van der Waals surface area contributed by atoms with Gasteiger partial charge in [-0.2, -0.15) is 0 Å². The molecule has 0 heterocycles. The summed E-state index contributed by atoms with van der Waals surface area (Å²) in [5.74, 6) is 0. The molecule has 56 valence electrons. The maximum atomic E-state index is 8.11. The zero-order chi connectivity index (χ0) is 8.24. The van der Waals surface area contributed by atoms with Crippen LogP contribution in [0.25, 0.3) is 0 Å². The van der Waals surface area contributed by atoms with Gasteiger partial charge in [-0.15, -0.1) is 4.91 Å². The molecule has 0 aromatic carbocycles. The second-order valence-electron chi connectivity index (χ2n) is 0.467. The van der Waals surface area contributed by atoms with E-state index in [2.05, 4.69) is 0 Å². The molecule has 0 aliphatic rings. The fourth-order valence-electron chi connectivity index (χ4n) is 0.0411. The van der Waals surface area contributed by atoms with Crippen LogP contribution < -0.4 is 0 Å². The van der Waals surface area contributed by atoms with E-state index in [9.17, 15) is 0 Å². The van der Waals surface area contributed by atoms with Crippen molar-refractivity contribution in [2.45, 2.75) is 0 Å². The first-order chi connectivity index (χ1) is 4.83. The Hall–Kier alpha value is -0.401. The van der Waals surface area contributed by atoms with E-state index in [1.165, 1.54) is 5.34 Å². The van der Waals surface area contributed by atoms with Crippen LogP contribution in [0.15, 0.2) is 5.34 Å². The minimum atomic E-state index is 0.549. The van der Waals surface area contributed by atoms with Gasteiger partial charge in [0, 0.05) is 0 Å². The first-order valence-electron chi connectivity index (χ1n) is 1.53. The van der Waals surface area contributed by atoms with E-state index in [-0.39, 0.29) is 0 Å². The number of rotatable bonds is 2. The Labute approximate surface area is 70.0 Å². The summed E-state index contributed by atoms with van der Waals surface area (Å²) in [6.07, 6.45) is 0. The van der Waals surface area contributed by atoms with E-state index in [4.69, 9.17) is 20.6 Å². The molecule has 0 atom stereocenters. The quantitative estimate of drug-likeness (QED) is 0.248. The summed E-state index contributed by atoms with van der Waals surface area (Å²) in [6, 6.07) is 0. The molecule has 0 aliphatic heterocycles. The monoisotopic (exact) mass is 219 g/mol. The molecular weight excluding hydrogens is 218 g/mol. The molecule has 0 saturated carbocycles. The third-order valence-electron chi connectivity index (χ3n) is 0.123. The van der Waals surface area contributed by atoms with Crippen molar-refractivity contribution in [3.8, 4) is 10.8 Å². The molecule has 8 heteroatoms. The van der Waals surface area contributed by atoms with Gasteiger partial charge in [0.05, 0.1) is 0 Å². The Kier molecular flexibility index (Phi) is 19.5. The Balaban J connectivity index is 0. The van der Waals surface area contributed by atoms with Crippen LogP contribution in [-0.4, -0.2) is 5.21 Å². The number of nitrogens with zero attached hydrogens (tertiary/aromatic N) is 3. The van der Waals surface area contributed by atoms with Gasteiger partial charge in [-0.05, 0) is 0 Å². The van der Waals surface area contributed by atoms with Gasteiger partial charge in [-0.25, -0.2) is 0 Å². The fourth-order valence-corrected chi connectivity index (χ4v) is 1.52. The maximum absolute atomic E-state index is 8.11. The van der Waals surface area contributed by atoms with Gasteiger partial charge in [-0.3, -0.25) is 0 Å². The van der Waals surface area contributed by atoms with Gasteiger partial charge in [0.2, 0.25) is 0 Å². The van der Waals surface area contributed by atoms with Gasteiger partial charge >= 0.3 is 54.4 Å². The summed E-state index contributed by atoms with van der Waals surface area (Å²) in [5.41, 5.74) is 0. The summed E-state index contributed by atoms with van der Waals surface area (Å²) in [4.78, 5) is 8.11. The van der Waals surface area contributed by atoms with Crippen LogP contribution in [-0.2, 0) is 12.7 Å². The molecule has 0 spiro atoms. The van der Waals surface area contributed by atoms with E-state index in [0.29, 0.717) is 12.7 Å². The van der Waals surface area contributed by atoms with Gasteiger partial charge in [0.1, 0.15) is 0 Å². The molecule has 0 unspecified atom stereocenters. The average Bonchev–Trinajstić information content (AvgIpc) is 1.91. The SMILES string of the molecule is N#C[S][Fe][S]C#N.O=NO. The first-order valence-corrected chi connectivity index (χ1v) is 5.63. The summed E-state index contributed by atoms with van der Waals surface area (Å²) in [5, 5.41) is 27.3. The molecule has 0 saturated heterocycles. The van der Waals surface area contributed by atoms with Gasteiger partial charge in [-0.1, -0.05) is 0 Å². The zero-order valence-corrected chi connectivity index (χ0v) is 7.10. The van der Waals surface area contributed by atoms with Crippen molar-refractivity contribution in [1.82, 2.24) is 0 Å². The summed E-state index contributed by atoms with van der Waals surface area (Å²) < 4.78 is 0. The van der Waals surface area contributed by atoms with E-state index >= 15 is 0 Å². The maximum Gasteiger partial charge on any atom is 0.152 e. The second-order valence-corrected chi connectivity index (χ2v) is 4.60. The number of hydrogen-bond donors (Lipinski definition) is 1. The Morgan fingerprint density at radius 1 is 1.40 bits per heavy atom. The van der Waals surface area contributed by atoms with Crippen molar-refractivity contribution < 1.29 is 17.9 Å². The number of hydrogen-bond acceptors (Lipinski definition) is 6. The van der Waals surface area contributed by atoms with Crippen LogP contribution in [0.4, 0.5) is 0 Å². The van der Waals surface area contributed by atoms with Crippen LogP contribution in [0.5, 0.6) is 0 Å². The second kappa shape index (κ2) is 15.8. The van der Waals surface area contributed by atoms with Gasteiger partial charge < -0.3 is 5.21 Å². The molecule has 0 bridgehead atoms. The standard InChI is InChI=1S/2CHNS.Fe.HNO2/c2*2-1-3;;2-1-3/h2*3H;;(H,2,3)/q;;+2;/p-2. The van der Waals surface area contributed by atoms with Crippen molar-refractivity contribution in [3.63, 3.8) is 0 Å². The Bertz CT molecular complexity index is 138. The van der Waals surface area contributed by atoms with E-state index < -0.39 is 0 Å². The predicted molar refractivity (Wildman–Crippen MR) is 34.0 cm³/mol. The zero-order valence-electron chi connectivity index (χ0n) is 4.37.